The molecule has 0 aromatic rings. The van der Waals surface area contributed by atoms with Crippen LogP contribution in [0.2, 0.25) is 0 Å². The molecule has 0 fully saturated rings. The van der Waals surface area contributed by atoms with E-state index in [0.29, 0.717) is 12.8 Å². The molecule has 102 valence electrons. The summed E-state index contributed by atoms with van der Waals surface area (Å²) in [6.45, 7) is 5.49. The summed E-state index contributed by atoms with van der Waals surface area (Å²) in [5, 5.41) is 0. The molecule has 0 aromatic carbocycles. The SMILES string of the molecule is CCOC(=O)NS(=O)(=O)NC(CC)(CC)CN. The van der Waals surface area contributed by atoms with Crippen LogP contribution in [-0.4, -0.2) is 33.2 Å². The molecule has 17 heavy (non-hydrogen) atoms. The average molecular weight is 267 g/mol. The van der Waals surface area contributed by atoms with Gasteiger partial charge in [0.2, 0.25) is 0 Å². The molecule has 4 N–H and O–H groups in total. The van der Waals surface area contributed by atoms with Crippen molar-refractivity contribution in [1.82, 2.24) is 9.44 Å². The lowest BCUT2D eigenvalue weighted by Gasteiger charge is -2.30. The average Bonchev–Trinajstić information content (AvgIpc) is 2.25. The highest BCUT2D eigenvalue weighted by Gasteiger charge is 2.30. The summed E-state index contributed by atoms with van der Waals surface area (Å²) in [6.07, 6.45) is 0.0612. The van der Waals surface area contributed by atoms with Crippen LogP contribution in [0.3, 0.4) is 0 Å². The van der Waals surface area contributed by atoms with E-state index in [9.17, 15) is 13.2 Å². The Labute approximate surface area is 102 Å². The number of nitrogens with one attached hydrogen (secondary N) is 2. The van der Waals surface area contributed by atoms with Crippen LogP contribution in [0.15, 0.2) is 0 Å². The van der Waals surface area contributed by atoms with Crippen LogP contribution < -0.4 is 15.2 Å². The number of amides is 1. The van der Waals surface area contributed by atoms with Crippen molar-refractivity contribution in [3.63, 3.8) is 0 Å². The second-order valence-electron chi connectivity index (χ2n) is 3.62. The smallest absolute Gasteiger partial charge is 0.421 e. The van der Waals surface area contributed by atoms with Crippen LogP contribution in [-0.2, 0) is 14.9 Å². The first-order valence-electron chi connectivity index (χ1n) is 5.53. The van der Waals surface area contributed by atoms with Gasteiger partial charge in [-0.1, -0.05) is 13.8 Å². The zero-order chi connectivity index (χ0) is 13.5. The highest BCUT2D eigenvalue weighted by atomic mass is 32.2. The fourth-order valence-electron chi connectivity index (χ4n) is 1.31. The Bertz CT molecular complexity index is 330. The van der Waals surface area contributed by atoms with Gasteiger partial charge in [-0.2, -0.15) is 13.1 Å². The van der Waals surface area contributed by atoms with Gasteiger partial charge < -0.3 is 10.5 Å². The van der Waals surface area contributed by atoms with Crippen LogP contribution in [0.1, 0.15) is 33.6 Å². The zero-order valence-electron chi connectivity index (χ0n) is 10.4. The molecule has 0 aliphatic heterocycles. The summed E-state index contributed by atoms with van der Waals surface area (Å²) in [7, 11) is -3.95. The van der Waals surface area contributed by atoms with Crippen molar-refractivity contribution in [1.29, 1.82) is 0 Å². The highest BCUT2D eigenvalue weighted by Crippen LogP contribution is 2.14. The minimum absolute atomic E-state index is 0.102. The number of ether oxygens (including phenoxy) is 1. The van der Waals surface area contributed by atoms with E-state index in [-0.39, 0.29) is 13.2 Å². The lowest BCUT2D eigenvalue weighted by Crippen LogP contribution is -2.56. The van der Waals surface area contributed by atoms with E-state index in [1.54, 1.807) is 11.6 Å². The van der Waals surface area contributed by atoms with Crippen molar-refractivity contribution in [2.45, 2.75) is 39.2 Å². The largest absolute Gasteiger partial charge is 0.449 e. The molecule has 0 saturated heterocycles. The topological polar surface area (TPSA) is 111 Å². The van der Waals surface area contributed by atoms with Gasteiger partial charge >= 0.3 is 16.3 Å². The van der Waals surface area contributed by atoms with Crippen LogP contribution in [0, 0.1) is 0 Å². The molecular weight excluding hydrogens is 246 g/mol. The molecule has 0 aliphatic rings. The Balaban J connectivity index is 4.68. The van der Waals surface area contributed by atoms with Crippen LogP contribution in [0.5, 0.6) is 0 Å². The van der Waals surface area contributed by atoms with Gasteiger partial charge in [-0.25, -0.2) is 9.52 Å². The van der Waals surface area contributed by atoms with E-state index in [4.69, 9.17) is 5.73 Å². The molecule has 1 amide bonds. The first kappa shape index (κ1) is 16.1. The third kappa shape index (κ3) is 5.33. The van der Waals surface area contributed by atoms with Crippen molar-refractivity contribution < 1.29 is 17.9 Å². The minimum Gasteiger partial charge on any atom is -0.449 e. The third-order valence-corrected chi connectivity index (χ3v) is 3.73. The van der Waals surface area contributed by atoms with E-state index < -0.39 is 21.8 Å². The van der Waals surface area contributed by atoms with Crippen molar-refractivity contribution in [2.75, 3.05) is 13.2 Å². The van der Waals surface area contributed by atoms with Crippen LogP contribution in [0.25, 0.3) is 0 Å². The van der Waals surface area contributed by atoms with Gasteiger partial charge in [0.25, 0.3) is 0 Å². The molecular formula is C9H21N3O4S. The molecule has 0 spiro atoms. The maximum absolute atomic E-state index is 11.6. The fraction of sp³-hybridized carbons (Fsp3) is 0.889. The van der Waals surface area contributed by atoms with Crippen molar-refractivity contribution in [3.05, 3.63) is 0 Å². The van der Waals surface area contributed by atoms with Gasteiger partial charge in [0.05, 0.1) is 6.61 Å². The number of nitrogens with two attached hydrogens (primary N) is 1. The summed E-state index contributed by atoms with van der Waals surface area (Å²) in [4.78, 5) is 11.0. The van der Waals surface area contributed by atoms with E-state index in [1.807, 2.05) is 13.8 Å². The summed E-state index contributed by atoms with van der Waals surface area (Å²) in [5.74, 6) is 0. The molecule has 7 nitrogen and oxygen atoms in total. The highest BCUT2D eigenvalue weighted by molar-refractivity contribution is 7.88. The third-order valence-electron chi connectivity index (χ3n) is 2.59. The first-order valence-corrected chi connectivity index (χ1v) is 7.01. The predicted octanol–water partition coefficient (Wildman–Crippen LogP) is 0.0844. The number of hydrogen-bond donors (Lipinski definition) is 3. The van der Waals surface area contributed by atoms with Crippen LogP contribution >= 0.6 is 0 Å². The van der Waals surface area contributed by atoms with E-state index >= 15 is 0 Å². The summed E-state index contributed by atoms with van der Waals surface area (Å²) < 4.78 is 31.9. The Kier molecular flexibility index (Phi) is 6.43. The molecule has 0 unspecified atom stereocenters. The number of hydrogen-bond acceptors (Lipinski definition) is 5. The molecule has 0 bridgehead atoms. The van der Waals surface area contributed by atoms with Gasteiger partial charge in [0.15, 0.2) is 0 Å². The minimum atomic E-state index is -3.95. The molecule has 0 radical (unpaired) electrons. The first-order chi connectivity index (χ1) is 7.84. The van der Waals surface area contributed by atoms with Gasteiger partial charge in [0.1, 0.15) is 0 Å². The maximum Gasteiger partial charge on any atom is 0.421 e. The fourth-order valence-corrected chi connectivity index (χ4v) is 2.58. The number of rotatable bonds is 7. The Morgan fingerprint density at radius 3 is 2.18 bits per heavy atom. The predicted molar refractivity (Wildman–Crippen MR) is 64.6 cm³/mol. The Morgan fingerprint density at radius 1 is 1.29 bits per heavy atom. The standard InChI is InChI=1S/C9H21N3O4S/c1-4-9(5-2,7-10)12-17(14,15)11-8(13)16-6-3/h12H,4-7,10H2,1-3H3,(H,11,13). The Morgan fingerprint density at radius 2 is 1.82 bits per heavy atom. The molecule has 0 atom stereocenters. The molecule has 0 aromatic heterocycles. The summed E-state index contributed by atoms with van der Waals surface area (Å²) >= 11 is 0. The van der Waals surface area contributed by atoms with E-state index in [0.717, 1.165) is 0 Å². The number of carbonyl (C=O) groups is 1. The van der Waals surface area contributed by atoms with Gasteiger partial charge in [-0.05, 0) is 19.8 Å². The maximum atomic E-state index is 11.6. The Hall–Kier alpha value is -0.860. The van der Waals surface area contributed by atoms with Gasteiger partial charge in [0, 0.05) is 12.1 Å². The summed E-state index contributed by atoms with van der Waals surface area (Å²) in [6, 6.07) is 0. The number of carbonyl (C=O) groups excluding carboxylic acids is 1. The quantitative estimate of drug-likeness (QED) is 0.605. The molecule has 0 heterocycles. The second-order valence-corrected chi connectivity index (χ2v) is 5.03. The lowest BCUT2D eigenvalue weighted by molar-refractivity contribution is 0.158. The van der Waals surface area contributed by atoms with Crippen molar-refractivity contribution >= 4 is 16.3 Å². The lowest BCUT2D eigenvalue weighted by atomic mass is 9.95. The molecule has 0 rings (SSSR count). The van der Waals surface area contributed by atoms with Gasteiger partial charge in [-0.3, -0.25) is 0 Å². The molecule has 8 heteroatoms. The zero-order valence-corrected chi connectivity index (χ0v) is 11.3. The normalized spacial score (nSPS) is 12.2. The molecule has 0 saturated carbocycles. The van der Waals surface area contributed by atoms with Crippen molar-refractivity contribution in [2.24, 2.45) is 5.73 Å². The van der Waals surface area contributed by atoms with Crippen LogP contribution in [0.4, 0.5) is 4.79 Å². The summed E-state index contributed by atoms with van der Waals surface area (Å²) in [5.41, 5.74) is 4.82. The van der Waals surface area contributed by atoms with E-state index in [1.165, 1.54) is 0 Å². The molecule has 0 aliphatic carbocycles. The second kappa shape index (κ2) is 6.77. The monoisotopic (exact) mass is 267 g/mol. The van der Waals surface area contributed by atoms with Crippen molar-refractivity contribution in [3.8, 4) is 0 Å². The van der Waals surface area contributed by atoms with Gasteiger partial charge in [-0.15, -0.1) is 0 Å². The van der Waals surface area contributed by atoms with E-state index in [2.05, 4.69) is 9.46 Å².